The lowest BCUT2D eigenvalue weighted by atomic mass is 10.2. The first kappa shape index (κ1) is 18.8. The molecule has 8 heteroatoms. The standard InChI is InChI=1S/C19H14ClN3O3S/c20-13-4-6-14(7-5-13)23-27-16-3-1-2-15(11-16)22-18(24)12-8-9-21-17(10-12)19(25)26/h1-11,23H,(H,22,24)(H,25,26). The molecule has 6 nitrogen and oxygen atoms in total. The fraction of sp³-hybridized carbons (Fsp3) is 0. The van der Waals surface area contributed by atoms with Gasteiger partial charge >= 0.3 is 5.97 Å². The number of aromatic carboxylic acids is 1. The van der Waals surface area contributed by atoms with Gasteiger partial charge in [0, 0.05) is 33.1 Å². The first-order valence-electron chi connectivity index (χ1n) is 7.80. The van der Waals surface area contributed by atoms with Crippen LogP contribution in [-0.4, -0.2) is 22.0 Å². The molecule has 0 aliphatic rings. The molecule has 27 heavy (non-hydrogen) atoms. The minimum atomic E-state index is -1.18. The van der Waals surface area contributed by atoms with E-state index in [0.29, 0.717) is 10.7 Å². The van der Waals surface area contributed by atoms with Crippen LogP contribution in [0.15, 0.2) is 71.8 Å². The molecule has 0 bridgehead atoms. The Labute approximate surface area is 164 Å². The van der Waals surface area contributed by atoms with Gasteiger partial charge < -0.3 is 15.1 Å². The molecule has 0 radical (unpaired) electrons. The van der Waals surface area contributed by atoms with E-state index in [1.807, 2.05) is 30.3 Å². The van der Waals surface area contributed by atoms with Crippen molar-refractivity contribution >= 4 is 46.8 Å². The summed E-state index contributed by atoms with van der Waals surface area (Å²) in [5, 5.41) is 12.4. The normalized spacial score (nSPS) is 10.3. The summed E-state index contributed by atoms with van der Waals surface area (Å²) in [6.45, 7) is 0. The molecular weight excluding hydrogens is 386 g/mol. The predicted octanol–water partition coefficient (Wildman–Crippen LogP) is 4.80. The summed E-state index contributed by atoms with van der Waals surface area (Å²) in [4.78, 5) is 27.9. The number of hydrogen-bond donors (Lipinski definition) is 3. The maximum Gasteiger partial charge on any atom is 0.354 e. The third-order valence-electron chi connectivity index (χ3n) is 3.46. The number of nitrogens with one attached hydrogen (secondary N) is 2. The first-order valence-corrected chi connectivity index (χ1v) is 9.00. The van der Waals surface area contributed by atoms with Crippen LogP contribution in [0.4, 0.5) is 11.4 Å². The van der Waals surface area contributed by atoms with Gasteiger partial charge in [0.25, 0.3) is 5.91 Å². The van der Waals surface area contributed by atoms with E-state index in [1.54, 1.807) is 18.2 Å². The summed E-state index contributed by atoms with van der Waals surface area (Å²) in [6.07, 6.45) is 1.29. The fourth-order valence-corrected chi connectivity index (χ4v) is 3.00. The van der Waals surface area contributed by atoms with Crippen molar-refractivity contribution in [1.82, 2.24) is 4.98 Å². The van der Waals surface area contributed by atoms with Crippen LogP contribution >= 0.6 is 23.5 Å². The van der Waals surface area contributed by atoms with Crippen molar-refractivity contribution in [3.63, 3.8) is 0 Å². The summed E-state index contributed by atoms with van der Waals surface area (Å²) in [7, 11) is 0. The van der Waals surface area contributed by atoms with E-state index < -0.39 is 11.9 Å². The average Bonchev–Trinajstić information content (AvgIpc) is 2.68. The molecule has 1 aromatic heterocycles. The van der Waals surface area contributed by atoms with Gasteiger partial charge in [-0.1, -0.05) is 17.7 Å². The third kappa shape index (κ3) is 5.22. The number of aromatic nitrogens is 1. The number of halogens is 1. The molecule has 0 saturated carbocycles. The van der Waals surface area contributed by atoms with Gasteiger partial charge in [0.05, 0.1) is 0 Å². The fourth-order valence-electron chi connectivity index (χ4n) is 2.17. The number of carboxylic acid groups (broad SMARTS) is 1. The van der Waals surface area contributed by atoms with Crippen LogP contribution in [0.2, 0.25) is 5.02 Å². The lowest BCUT2D eigenvalue weighted by molar-refractivity contribution is 0.0690. The molecule has 0 fully saturated rings. The number of pyridine rings is 1. The minimum absolute atomic E-state index is 0.181. The second kappa shape index (κ2) is 8.57. The highest BCUT2D eigenvalue weighted by Gasteiger charge is 2.11. The van der Waals surface area contributed by atoms with E-state index in [1.165, 1.54) is 30.3 Å². The predicted molar refractivity (Wildman–Crippen MR) is 107 cm³/mol. The van der Waals surface area contributed by atoms with Gasteiger partial charge in [0.2, 0.25) is 0 Å². The van der Waals surface area contributed by atoms with Crippen molar-refractivity contribution in [2.45, 2.75) is 4.90 Å². The molecule has 3 aromatic rings. The number of carboxylic acids is 1. The van der Waals surface area contributed by atoms with Gasteiger partial charge in [0.1, 0.15) is 5.69 Å². The Morgan fingerprint density at radius 1 is 1.00 bits per heavy atom. The molecule has 0 spiro atoms. The largest absolute Gasteiger partial charge is 0.477 e. The van der Waals surface area contributed by atoms with E-state index in [-0.39, 0.29) is 11.3 Å². The van der Waals surface area contributed by atoms with Crippen molar-refractivity contribution in [3.05, 3.63) is 83.1 Å². The highest BCUT2D eigenvalue weighted by atomic mass is 35.5. The monoisotopic (exact) mass is 399 g/mol. The smallest absolute Gasteiger partial charge is 0.354 e. The van der Waals surface area contributed by atoms with E-state index in [0.717, 1.165) is 10.6 Å². The molecular formula is C19H14ClN3O3S. The molecule has 2 aromatic carbocycles. The van der Waals surface area contributed by atoms with E-state index in [2.05, 4.69) is 15.0 Å². The van der Waals surface area contributed by atoms with E-state index >= 15 is 0 Å². The van der Waals surface area contributed by atoms with Crippen molar-refractivity contribution in [1.29, 1.82) is 0 Å². The summed E-state index contributed by atoms with van der Waals surface area (Å²) < 4.78 is 3.19. The quantitative estimate of drug-likeness (QED) is 0.515. The third-order valence-corrected chi connectivity index (χ3v) is 4.54. The molecule has 3 rings (SSSR count). The SMILES string of the molecule is O=C(Nc1cccc(SNc2ccc(Cl)cc2)c1)c1ccnc(C(=O)O)c1. The summed E-state index contributed by atoms with van der Waals surface area (Å²) in [5.74, 6) is -1.59. The zero-order valence-electron chi connectivity index (χ0n) is 13.8. The lowest BCUT2D eigenvalue weighted by Crippen LogP contribution is -2.13. The number of anilines is 2. The van der Waals surface area contributed by atoms with Crippen molar-refractivity contribution in [2.75, 3.05) is 10.0 Å². The second-order valence-corrected chi connectivity index (χ2v) is 6.74. The number of rotatable bonds is 6. The Morgan fingerprint density at radius 3 is 2.52 bits per heavy atom. The van der Waals surface area contributed by atoms with Gasteiger partial charge in [-0.05, 0) is 66.5 Å². The average molecular weight is 400 g/mol. The summed E-state index contributed by atoms with van der Waals surface area (Å²) in [6, 6.07) is 17.3. The molecule has 0 aliphatic heterocycles. The Balaban J connectivity index is 1.66. The van der Waals surface area contributed by atoms with Gasteiger partial charge in [-0.15, -0.1) is 0 Å². The molecule has 0 atom stereocenters. The van der Waals surface area contributed by atoms with Crippen LogP contribution in [0.1, 0.15) is 20.8 Å². The summed E-state index contributed by atoms with van der Waals surface area (Å²) in [5.41, 5.74) is 1.53. The van der Waals surface area contributed by atoms with E-state index in [9.17, 15) is 9.59 Å². The number of hydrogen-bond acceptors (Lipinski definition) is 5. The van der Waals surface area contributed by atoms with Crippen LogP contribution in [0.25, 0.3) is 0 Å². The highest BCUT2D eigenvalue weighted by Crippen LogP contribution is 2.24. The molecule has 1 amide bonds. The number of carbonyl (C=O) groups is 2. The number of carbonyl (C=O) groups excluding carboxylic acids is 1. The maximum atomic E-state index is 12.3. The van der Waals surface area contributed by atoms with Crippen molar-refractivity contribution in [2.24, 2.45) is 0 Å². The number of nitrogens with zero attached hydrogens (tertiary/aromatic N) is 1. The topological polar surface area (TPSA) is 91.3 Å². The molecule has 0 saturated heterocycles. The Bertz CT molecular complexity index is 980. The van der Waals surface area contributed by atoms with Gasteiger partial charge in [-0.2, -0.15) is 0 Å². The Kier molecular flexibility index (Phi) is 5.95. The minimum Gasteiger partial charge on any atom is -0.477 e. The summed E-state index contributed by atoms with van der Waals surface area (Å²) >= 11 is 7.26. The van der Waals surface area contributed by atoms with Crippen LogP contribution in [0.5, 0.6) is 0 Å². The molecule has 136 valence electrons. The van der Waals surface area contributed by atoms with Gasteiger partial charge in [0.15, 0.2) is 0 Å². The molecule has 0 unspecified atom stereocenters. The van der Waals surface area contributed by atoms with E-state index in [4.69, 9.17) is 16.7 Å². The Morgan fingerprint density at radius 2 is 1.78 bits per heavy atom. The zero-order chi connectivity index (χ0) is 19.2. The van der Waals surface area contributed by atoms with Gasteiger partial charge in [-0.3, -0.25) is 4.79 Å². The van der Waals surface area contributed by atoms with Crippen LogP contribution < -0.4 is 10.0 Å². The molecule has 0 aliphatic carbocycles. The maximum absolute atomic E-state index is 12.3. The zero-order valence-corrected chi connectivity index (χ0v) is 15.4. The Hall–Kier alpha value is -3.03. The molecule has 3 N–H and O–H groups in total. The van der Waals surface area contributed by atoms with Gasteiger partial charge in [-0.25, -0.2) is 9.78 Å². The highest BCUT2D eigenvalue weighted by molar-refractivity contribution is 8.00. The lowest BCUT2D eigenvalue weighted by Gasteiger charge is -2.09. The first-order chi connectivity index (χ1) is 13.0. The second-order valence-electron chi connectivity index (χ2n) is 5.43. The van der Waals surface area contributed by atoms with Crippen molar-refractivity contribution in [3.8, 4) is 0 Å². The molecule has 1 heterocycles. The van der Waals surface area contributed by atoms with Crippen LogP contribution in [0.3, 0.4) is 0 Å². The number of benzene rings is 2. The van der Waals surface area contributed by atoms with Crippen LogP contribution in [0, 0.1) is 0 Å². The number of amides is 1. The van der Waals surface area contributed by atoms with Crippen LogP contribution in [-0.2, 0) is 0 Å². The van der Waals surface area contributed by atoms with Crippen molar-refractivity contribution < 1.29 is 14.7 Å².